The maximum atomic E-state index is 13.4. The smallest absolute Gasteiger partial charge is 0.207 e. The lowest BCUT2D eigenvalue weighted by molar-refractivity contribution is -0.0825. The normalized spacial score (nSPS) is 44.3. The molecule has 4 rings (SSSR count). The highest BCUT2D eigenvalue weighted by Gasteiger charge is 2.51. The van der Waals surface area contributed by atoms with Gasteiger partial charge in [-0.2, -0.15) is 0 Å². The summed E-state index contributed by atoms with van der Waals surface area (Å²) in [5.41, 5.74) is 0.327. The van der Waals surface area contributed by atoms with Crippen LogP contribution in [0.5, 0.6) is 0 Å². The fourth-order valence-corrected chi connectivity index (χ4v) is 5.22. The monoisotopic (exact) mass is 242 g/mol. The van der Waals surface area contributed by atoms with Gasteiger partial charge < -0.3 is 0 Å². The van der Waals surface area contributed by atoms with E-state index < -0.39 is 5.92 Å². The van der Waals surface area contributed by atoms with E-state index in [1.807, 2.05) is 0 Å². The third-order valence-corrected chi connectivity index (χ3v) is 5.70. The van der Waals surface area contributed by atoms with Crippen molar-refractivity contribution in [2.24, 2.45) is 23.2 Å². The molecule has 0 unspecified atom stereocenters. The van der Waals surface area contributed by atoms with Gasteiger partial charge in [0.05, 0.1) is 0 Å². The van der Waals surface area contributed by atoms with Gasteiger partial charge in [-0.05, 0) is 68.1 Å². The van der Waals surface area contributed by atoms with Crippen LogP contribution < -0.4 is 0 Å². The summed E-state index contributed by atoms with van der Waals surface area (Å²) in [6.07, 6.45) is 8.94. The predicted octanol–water partition coefficient (Wildman–Crippen LogP) is 5.03. The van der Waals surface area contributed by atoms with Crippen LogP contribution >= 0.6 is 0 Å². The van der Waals surface area contributed by atoms with Crippen LogP contribution in [0.2, 0.25) is 0 Å². The molecule has 0 N–H and O–H groups in total. The largest absolute Gasteiger partial charge is 0.247 e. The Labute approximate surface area is 103 Å². The summed E-state index contributed by atoms with van der Waals surface area (Å²) in [4.78, 5) is 0. The summed E-state index contributed by atoms with van der Waals surface area (Å²) in [5.74, 6) is 0.244. The van der Waals surface area contributed by atoms with Gasteiger partial charge in [-0.1, -0.05) is 6.92 Å². The van der Waals surface area contributed by atoms with E-state index in [0.29, 0.717) is 5.41 Å². The molecule has 0 aromatic heterocycles. The van der Waals surface area contributed by atoms with E-state index in [2.05, 4.69) is 0 Å². The third-order valence-electron chi connectivity index (χ3n) is 5.70. The van der Waals surface area contributed by atoms with Crippen molar-refractivity contribution in [2.75, 3.05) is 0 Å². The number of hydrogen-bond donors (Lipinski definition) is 0. The molecule has 0 aromatic carbocycles. The van der Waals surface area contributed by atoms with Crippen molar-refractivity contribution in [2.45, 2.75) is 70.6 Å². The van der Waals surface area contributed by atoms with Crippen LogP contribution in [-0.4, -0.2) is 5.92 Å². The molecule has 0 saturated heterocycles. The molecule has 17 heavy (non-hydrogen) atoms. The van der Waals surface area contributed by atoms with Crippen LogP contribution in [-0.2, 0) is 0 Å². The number of alkyl halides is 2. The zero-order valence-electron chi connectivity index (χ0n) is 10.9. The van der Waals surface area contributed by atoms with Gasteiger partial charge in [0, 0.05) is 12.8 Å². The molecule has 2 heteroatoms. The van der Waals surface area contributed by atoms with E-state index in [-0.39, 0.29) is 12.8 Å². The number of hydrogen-bond acceptors (Lipinski definition) is 0. The lowest BCUT2D eigenvalue weighted by Crippen LogP contribution is -2.46. The molecule has 4 saturated carbocycles. The second-order valence-electron chi connectivity index (χ2n) is 7.13. The van der Waals surface area contributed by atoms with Gasteiger partial charge in [0.15, 0.2) is 0 Å². The highest BCUT2D eigenvalue weighted by atomic mass is 19.3. The van der Waals surface area contributed by atoms with Crippen LogP contribution in [0.25, 0.3) is 0 Å². The van der Waals surface area contributed by atoms with Crippen molar-refractivity contribution in [3.8, 4) is 0 Å². The minimum atomic E-state index is -2.41. The number of halogens is 2. The van der Waals surface area contributed by atoms with Crippen molar-refractivity contribution >= 4 is 0 Å². The SMILES string of the molecule is CCC(F)(F)CCC12CC3CC(CC(C3)C1)C2. The Balaban J connectivity index is 1.66. The molecular formula is C15H24F2. The number of rotatable bonds is 4. The van der Waals surface area contributed by atoms with Gasteiger partial charge in [-0.3, -0.25) is 0 Å². The first kappa shape index (κ1) is 11.9. The van der Waals surface area contributed by atoms with E-state index in [9.17, 15) is 8.78 Å². The fourth-order valence-electron chi connectivity index (χ4n) is 5.22. The molecule has 0 radical (unpaired) electrons. The van der Waals surface area contributed by atoms with E-state index in [0.717, 1.165) is 24.2 Å². The summed E-state index contributed by atoms with van der Waals surface area (Å²) >= 11 is 0. The highest BCUT2D eigenvalue weighted by Crippen LogP contribution is 2.62. The molecule has 0 aromatic rings. The van der Waals surface area contributed by atoms with Gasteiger partial charge in [0.1, 0.15) is 0 Å². The lowest BCUT2D eigenvalue weighted by atomic mass is 9.48. The molecule has 98 valence electrons. The quantitative estimate of drug-likeness (QED) is 0.648. The Hall–Kier alpha value is -0.140. The Morgan fingerprint density at radius 2 is 1.47 bits per heavy atom. The highest BCUT2D eigenvalue weighted by molar-refractivity contribution is 5.01. The van der Waals surface area contributed by atoms with Gasteiger partial charge in [0.2, 0.25) is 5.92 Å². The summed E-state index contributed by atoms with van der Waals surface area (Å²) in [5, 5.41) is 0. The maximum absolute atomic E-state index is 13.4. The summed E-state index contributed by atoms with van der Waals surface area (Å²) in [7, 11) is 0. The molecular weight excluding hydrogens is 218 g/mol. The standard InChI is InChI=1S/C15H24F2/c1-2-15(16,17)4-3-14-8-11-5-12(9-14)7-13(6-11)10-14/h11-13H,2-10H2,1H3. The van der Waals surface area contributed by atoms with Crippen LogP contribution in [0.4, 0.5) is 8.78 Å². The lowest BCUT2D eigenvalue weighted by Gasteiger charge is -2.57. The van der Waals surface area contributed by atoms with E-state index >= 15 is 0 Å². The van der Waals surface area contributed by atoms with Crippen LogP contribution in [0.1, 0.15) is 64.7 Å². The predicted molar refractivity (Wildman–Crippen MR) is 65.1 cm³/mol. The van der Waals surface area contributed by atoms with E-state index in [1.165, 1.54) is 38.5 Å². The van der Waals surface area contributed by atoms with Crippen molar-refractivity contribution in [3.63, 3.8) is 0 Å². The van der Waals surface area contributed by atoms with Crippen LogP contribution in [0.15, 0.2) is 0 Å². The van der Waals surface area contributed by atoms with Crippen molar-refractivity contribution < 1.29 is 8.78 Å². The fraction of sp³-hybridized carbons (Fsp3) is 1.00. The van der Waals surface area contributed by atoms with Crippen LogP contribution in [0, 0.1) is 23.2 Å². The first-order chi connectivity index (χ1) is 8.00. The Morgan fingerprint density at radius 3 is 1.88 bits per heavy atom. The maximum Gasteiger partial charge on any atom is 0.247 e. The van der Waals surface area contributed by atoms with Gasteiger partial charge in [-0.15, -0.1) is 0 Å². The Morgan fingerprint density at radius 1 is 1.00 bits per heavy atom. The average molecular weight is 242 g/mol. The molecule has 0 amide bonds. The van der Waals surface area contributed by atoms with Crippen molar-refractivity contribution in [1.29, 1.82) is 0 Å². The Kier molecular flexibility index (Phi) is 2.75. The molecule has 0 spiro atoms. The summed E-state index contributed by atoms with van der Waals surface area (Å²) in [6.45, 7) is 1.61. The molecule has 0 nitrogen and oxygen atoms in total. The second kappa shape index (κ2) is 3.93. The van der Waals surface area contributed by atoms with Crippen LogP contribution in [0.3, 0.4) is 0 Å². The molecule has 0 aliphatic heterocycles. The van der Waals surface area contributed by atoms with Gasteiger partial charge in [0.25, 0.3) is 0 Å². The molecule has 4 fully saturated rings. The topological polar surface area (TPSA) is 0 Å². The Bertz CT molecular complexity index is 260. The molecule has 0 atom stereocenters. The van der Waals surface area contributed by atoms with Crippen molar-refractivity contribution in [1.82, 2.24) is 0 Å². The second-order valence-corrected chi connectivity index (χ2v) is 7.13. The minimum Gasteiger partial charge on any atom is -0.207 e. The third kappa shape index (κ3) is 2.24. The molecule has 4 aliphatic rings. The molecule has 4 bridgehead atoms. The van der Waals surface area contributed by atoms with Gasteiger partial charge in [-0.25, -0.2) is 8.78 Å². The molecule has 4 aliphatic carbocycles. The first-order valence-electron chi connectivity index (χ1n) is 7.38. The van der Waals surface area contributed by atoms with Gasteiger partial charge >= 0.3 is 0 Å². The van der Waals surface area contributed by atoms with E-state index in [1.54, 1.807) is 6.92 Å². The zero-order chi connectivity index (χ0) is 12.1. The molecule has 0 heterocycles. The summed E-state index contributed by atoms with van der Waals surface area (Å²) < 4.78 is 26.9. The van der Waals surface area contributed by atoms with E-state index in [4.69, 9.17) is 0 Å². The minimum absolute atomic E-state index is 0.0133. The average Bonchev–Trinajstić information content (AvgIpc) is 2.25. The first-order valence-corrected chi connectivity index (χ1v) is 7.38. The van der Waals surface area contributed by atoms with Crippen molar-refractivity contribution in [3.05, 3.63) is 0 Å². The summed E-state index contributed by atoms with van der Waals surface area (Å²) in [6, 6.07) is 0. The zero-order valence-corrected chi connectivity index (χ0v) is 10.9.